The van der Waals surface area contributed by atoms with Crippen LogP contribution in [0.5, 0.6) is 11.5 Å². The van der Waals surface area contributed by atoms with Crippen LogP contribution in [0.3, 0.4) is 0 Å². The quantitative estimate of drug-likeness (QED) is 0.193. The Balaban J connectivity index is 0.000000186. The molecule has 0 atom stereocenters. The zero-order valence-electron chi connectivity index (χ0n) is 29.7. The molecule has 2 aromatic carbocycles. The molecule has 6 heteroatoms. The van der Waals surface area contributed by atoms with Crippen LogP contribution in [-0.2, 0) is 0 Å². The van der Waals surface area contributed by atoms with Gasteiger partial charge >= 0.3 is 158 Å². The molecule has 2 N–H and O–H groups in total. The molecule has 4 saturated carbocycles. The van der Waals surface area contributed by atoms with Crippen molar-refractivity contribution in [1.29, 1.82) is 0 Å². The van der Waals surface area contributed by atoms with E-state index in [2.05, 4.69) is 10.6 Å². The van der Waals surface area contributed by atoms with Crippen molar-refractivity contribution in [3.8, 4) is 11.5 Å². The third kappa shape index (κ3) is 10.1. The van der Waals surface area contributed by atoms with E-state index in [1.807, 2.05) is 62.4 Å². The fourth-order valence-corrected chi connectivity index (χ4v) is 20.2. The Bertz CT molecular complexity index is 1030. The second kappa shape index (κ2) is 19.4. The Labute approximate surface area is 293 Å². The number of thiocarbonyl (C=S) groups is 1. The van der Waals surface area contributed by atoms with Gasteiger partial charge < -0.3 is 20.1 Å². The van der Waals surface area contributed by atoms with Crippen LogP contribution >= 0.6 is 19.5 Å². The van der Waals surface area contributed by atoms with Crippen molar-refractivity contribution in [3.05, 3.63) is 48.5 Å². The molecular formula is C41H65N2O2PS. The number of hydrogen-bond acceptors (Lipinski definition) is 3. The van der Waals surface area contributed by atoms with E-state index in [-0.39, 0.29) is 0 Å². The minimum Gasteiger partial charge on any atom is -0.494 e. The van der Waals surface area contributed by atoms with E-state index in [1.54, 1.807) is 128 Å². The van der Waals surface area contributed by atoms with Crippen LogP contribution in [0.15, 0.2) is 48.5 Å². The van der Waals surface area contributed by atoms with Crippen molar-refractivity contribution in [3.63, 3.8) is 0 Å². The Morgan fingerprint density at radius 2 is 0.787 bits per heavy atom. The number of benzene rings is 2. The topological polar surface area (TPSA) is 42.5 Å². The smallest absolute Gasteiger partial charge is 0.175 e. The van der Waals surface area contributed by atoms with Crippen molar-refractivity contribution in [2.75, 3.05) is 23.8 Å². The van der Waals surface area contributed by atoms with Gasteiger partial charge in [0.2, 0.25) is 0 Å². The second-order valence-electron chi connectivity index (χ2n) is 14.8. The molecule has 6 rings (SSSR count). The van der Waals surface area contributed by atoms with Crippen LogP contribution in [-0.4, -0.2) is 41.0 Å². The molecule has 0 bridgehead atoms. The maximum atomic E-state index is 5.40. The predicted molar refractivity (Wildman–Crippen MR) is 211 cm³/mol. The molecule has 0 radical (unpaired) electrons. The summed E-state index contributed by atoms with van der Waals surface area (Å²) in [7, 11) is -1.19. The van der Waals surface area contributed by atoms with Crippen LogP contribution in [0.25, 0.3) is 0 Å². The Morgan fingerprint density at radius 1 is 0.511 bits per heavy atom. The molecule has 4 nitrogen and oxygen atoms in total. The molecule has 0 saturated heterocycles. The molecular weight excluding hydrogens is 616 g/mol. The summed E-state index contributed by atoms with van der Waals surface area (Å²) in [6, 6.07) is 15.3. The Morgan fingerprint density at radius 3 is 1.04 bits per heavy atom. The van der Waals surface area contributed by atoms with Gasteiger partial charge in [-0.3, -0.25) is 0 Å². The van der Waals surface area contributed by atoms with Crippen molar-refractivity contribution in [1.82, 2.24) is 0 Å². The number of ether oxygens (including phenoxy) is 2. The van der Waals surface area contributed by atoms with Crippen molar-refractivity contribution in [2.24, 2.45) is 0 Å². The maximum absolute atomic E-state index is 5.40. The molecule has 0 aliphatic heterocycles. The normalized spacial score (nSPS) is 20.8. The first-order chi connectivity index (χ1) is 23.1. The number of rotatable bonds is 10. The van der Waals surface area contributed by atoms with Crippen molar-refractivity contribution in [2.45, 2.75) is 165 Å². The minimum absolute atomic E-state index is 0.535. The van der Waals surface area contributed by atoms with Gasteiger partial charge in [-0.15, -0.1) is 0 Å². The van der Waals surface area contributed by atoms with E-state index < -0.39 is 7.26 Å². The molecule has 2 aromatic rings. The van der Waals surface area contributed by atoms with Gasteiger partial charge in [0.05, 0.1) is 13.2 Å². The number of nitrogens with one attached hydrogen (secondary N) is 2. The SMILES string of the molecule is C1CCC([PH](C2CCCCC2)(C2CCCCC2)C2CCCCC2)CC1.CCOc1ccc(NC(=S)Nc2ccc(OCC)cc2)cc1. The molecule has 47 heavy (non-hydrogen) atoms. The first-order valence-corrected chi connectivity index (χ1v) is 22.4. The Hall–Kier alpha value is -1.84. The summed E-state index contributed by atoms with van der Waals surface area (Å²) in [4.78, 5) is 0. The zero-order valence-corrected chi connectivity index (χ0v) is 31.5. The van der Waals surface area contributed by atoms with E-state index in [0.29, 0.717) is 18.3 Å². The largest absolute Gasteiger partial charge is 0.494 e. The van der Waals surface area contributed by atoms with Crippen LogP contribution in [0, 0.1) is 0 Å². The van der Waals surface area contributed by atoms with Gasteiger partial charge in [-0.05, 0) is 74.6 Å². The molecule has 0 amide bonds. The van der Waals surface area contributed by atoms with Gasteiger partial charge in [-0.2, -0.15) is 0 Å². The van der Waals surface area contributed by atoms with Crippen molar-refractivity contribution < 1.29 is 9.47 Å². The summed E-state index contributed by atoms with van der Waals surface area (Å²) in [5.41, 5.74) is 6.80. The summed E-state index contributed by atoms with van der Waals surface area (Å²) < 4.78 is 10.8. The molecule has 4 aliphatic rings. The molecule has 0 aromatic heterocycles. The summed E-state index contributed by atoms with van der Waals surface area (Å²) in [6.45, 7) is 5.24. The van der Waals surface area contributed by atoms with E-state index in [0.717, 1.165) is 22.9 Å². The van der Waals surface area contributed by atoms with Crippen LogP contribution in [0.2, 0.25) is 0 Å². The first-order valence-electron chi connectivity index (χ1n) is 19.7. The van der Waals surface area contributed by atoms with Gasteiger partial charge in [0.1, 0.15) is 11.5 Å². The third-order valence-electron chi connectivity index (χ3n) is 12.1. The van der Waals surface area contributed by atoms with E-state index in [4.69, 9.17) is 21.7 Å². The first kappa shape index (κ1) is 36.4. The van der Waals surface area contributed by atoms with Crippen molar-refractivity contribution >= 4 is 36.0 Å². The van der Waals surface area contributed by atoms with Gasteiger partial charge in [-0.25, -0.2) is 0 Å². The molecule has 4 aliphatic carbocycles. The Kier molecular flexibility index (Phi) is 15.0. The molecule has 4 fully saturated rings. The molecule has 262 valence electrons. The summed E-state index contributed by atoms with van der Waals surface area (Å²) in [5, 5.41) is 6.80. The van der Waals surface area contributed by atoms with Crippen LogP contribution in [0.4, 0.5) is 11.4 Å². The third-order valence-corrected chi connectivity index (χ3v) is 20.3. The van der Waals surface area contributed by atoms with Crippen LogP contribution in [0.1, 0.15) is 142 Å². The number of anilines is 2. The van der Waals surface area contributed by atoms with E-state index >= 15 is 0 Å². The van der Waals surface area contributed by atoms with E-state index in [9.17, 15) is 0 Å². The van der Waals surface area contributed by atoms with Gasteiger partial charge in [0.25, 0.3) is 0 Å². The van der Waals surface area contributed by atoms with Crippen LogP contribution < -0.4 is 20.1 Å². The summed E-state index contributed by atoms with van der Waals surface area (Å²) in [5.74, 6) is 1.69. The second-order valence-corrected chi connectivity index (χ2v) is 20.5. The fraction of sp³-hybridized carbons (Fsp3) is 0.683. The minimum atomic E-state index is -1.19. The average molecular weight is 681 g/mol. The van der Waals surface area contributed by atoms with Gasteiger partial charge in [-0.1, -0.05) is 0 Å². The summed E-state index contributed by atoms with van der Waals surface area (Å²) >= 11 is 5.30. The maximum Gasteiger partial charge on any atom is 0.175 e. The average Bonchev–Trinajstić information content (AvgIpc) is 3.13. The predicted octanol–water partition coefficient (Wildman–Crippen LogP) is 12.4. The summed E-state index contributed by atoms with van der Waals surface area (Å²) in [6.07, 6.45) is 32.2. The number of hydrogen-bond donors (Lipinski definition) is 2. The molecule has 0 unspecified atom stereocenters. The zero-order chi connectivity index (χ0) is 32.7. The molecule has 0 heterocycles. The van der Waals surface area contributed by atoms with Gasteiger partial charge in [0.15, 0.2) is 5.11 Å². The fourth-order valence-electron chi connectivity index (χ4n) is 10.3. The van der Waals surface area contributed by atoms with Gasteiger partial charge in [0, 0.05) is 11.4 Å². The molecule has 0 spiro atoms. The monoisotopic (exact) mass is 680 g/mol. The standard InChI is InChI=1S/C24H45P.C17H20N2O2S/c1-5-13-21(14-6-1)25(22-15-7-2-8-16-22,23-17-9-3-10-18-23)24-19-11-4-12-20-24;1-3-20-15-9-5-13(6-10-15)18-17(22)19-14-7-11-16(12-8-14)21-4-2/h21-25H,1-20H2;5-12H,3-4H2,1-2H3,(H2,18,19,22). The van der Waals surface area contributed by atoms with E-state index in [1.165, 1.54) is 22.6 Å².